The number of nitrogens with one attached hydrogen (secondary N) is 10. The zero-order chi connectivity index (χ0) is 70.4. The van der Waals surface area contributed by atoms with Gasteiger partial charge in [-0.15, -0.1) is 0 Å². The van der Waals surface area contributed by atoms with Crippen molar-refractivity contribution in [3.8, 4) is 5.75 Å². The number of primary amides is 1. The van der Waals surface area contributed by atoms with E-state index in [0.29, 0.717) is 50.7 Å². The first kappa shape index (κ1) is 71.2. The quantitative estimate of drug-likeness (QED) is 0.0829. The molecule has 27 nitrogen and oxygen atoms in total. The number of carboxylic acids is 1. The minimum Gasteiger partial charge on any atom is -0.508 e. The van der Waals surface area contributed by atoms with Crippen LogP contribution in [0.2, 0.25) is 0 Å². The van der Waals surface area contributed by atoms with Crippen LogP contribution in [0.5, 0.6) is 5.75 Å². The van der Waals surface area contributed by atoms with Crippen LogP contribution < -0.4 is 48.3 Å². The van der Waals surface area contributed by atoms with Gasteiger partial charge in [0.25, 0.3) is 0 Å². The molecule has 2 bridgehead atoms. The first-order chi connectivity index (χ1) is 46.8. The molecular formula is C69H77F2N13O14. The average molecular weight is 1350 g/mol. The van der Waals surface area contributed by atoms with Gasteiger partial charge in [-0.25, -0.2) is 8.78 Å². The minimum atomic E-state index is -1.93. The summed E-state index contributed by atoms with van der Waals surface area (Å²) >= 11 is 0. The number of phenols is 1. The van der Waals surface area contributed by atoms with Gasteiger partial charge in [-0.05, 0) is 121 Å². The summed E-state index contributed by atoms with van der Waals surface area (Å²) in [4.78, 5) is 180. The lowest BCUT2D eigenvalue weighted by Gasteiger charge is -2.37. The van der Waals surface area contributed by atoms with E-state index >= 15 is 14.4 Å². The molecule has 516 valence electrons. The van der Waals surface area contributed by atoms with Crippen LogP contribution >= 0.6 is 0 Å². The second-order valence-electron chi connectivity index (χ2n) is 25.0. The zero-order valence-corrected chi connectivity index (χ0v) is 53.8. The van der Waals surface area contributed by atoms with Crippen LogP contribution in [0.4, 0.5) is 8.78 Å². The van der Waals surface area contributed by atoms with Crippen LogP contribution in [0.3, 0.4) is 0 Å². The van der Waals surface area contributed by atoms with Gasteiger partial charge in [-0.2, -0.15) is 0 Å². The SMILES string of the molecule is C[C@@H]1NC(=O)CCCC(=O)NCc2ccc(cc2)C[C@@H](C(N)=O)NC(=O)[C@]2(C)CCCN2C(=O)[C@H](Cc2ccc(O)cc2)NC(=O)[C@H](CC2=CN=CC2)CC(=O)[C@H](CC(=O)O)NC(=O)[C@H](Cc2c[nH]c3ccc(F)cc23)NC(=O)[C@H](Cc2c[nH]c3ccc(F)cc23)NC(=O)CNC1=O. The Bertz CT molecular complexity index is 4110. The van der Waals surface area contributed by atoms with Gasteiger partial charge in [0.15, 0.2) is 5.78 Å². The predicted molar refractivity (Wildman–Crippen MR) is 352 cm³/mol. The highest BCUT2D eigenvalue weighted by atomic mass is 19.1. The van der Waals surface area contributed by atoms with E-state index in [9.17, 15) is 62.1 Å². The summed E-state index contributed by atoms with van der Waals surface area (Å²) in [6.45, 7) is 2.20. The molecule has 8 atom stereocenters. The third-order valence-corrected chi connectivity index (χ3v) is 17.7. The molecule has 10 amide bonds. The number of aliphatic imine (C=N–C) groups is 1. The molecule has 4 aliphatic rings. The topological polar surface area (TPSA) is 415 Å². The number of H-pyrrole nitrogens is 2. The number of nitrogens with two attached hydrogens (primary N) is 1. The summed E-state index contributed by atoms with van der Waals surface area (Å²) in [6.07, 6.45) is 3.30. The molecule has 29 heteroatoms. The van der Waals surface area contributed by atoms with E-state index in [2.05, 4.69) is 57.5 Å². The third-order valence-electron chi connectivity index (χ3n) is 17.7. The molecule has 2 aromatic heterocycles. The maximum Gasteiger partial charge on any atom is 0.305 e. The fourth-order valence-corrected chi connectivity index (χ4v) is 12.2. The highest BCUT2D eigenvalue weighted by Gasteiger charge is 2.49. The van der Waals surface area contributed by atoms with Crippen LogP contribution in [-0.4, -0.2) is 157 Å². The fraction of sp³-hybridized carbons (Fsp3) is 0.377. The Hall–Kier alpha value is -11.1. The number of aromatic nitrogens is 2. The number of allylic oxidation sites excluding steroid dienone is 1. The van der Waals surface area contributed by atoms with Gasteiger partial charge in [-0.1, -0.05) is 36.4 Å². The number of hydrogen-bond acceptors (Lipinski definition) is 14. The number of ketones is 1. The van der Waals surface area contributed by atoms with Crippen LogP contribution in [0, 0.1) is 17.6 Å². The number of benzene rings is 4. The van der Waals surface area contributed by atoms with Crippen molar-refractivity contribution in [2.24, 2.45) is 16.6 Å². The van der Waals surface area contributed by atoms with Crippen molar-refractivity contribution in [3.63, 3.8) is 0 Å². The number of aromatic hydroxyl groups is 1. The van der Waals surface area contributed by atoms with Crippen molar-refractivity contribution in [2.75, 3.05) is 13.1 Å². The number of aliphatic carboxylic acids is 1. The van der Waals surface area contributed by atoms with Crippen molar-refractivity contribution in [2.45, 2.75) is 146 Å². The number of aromatic amines is 2. The second-order valence-corrected chi connectivity index (χ2v) is 25.0. The van der Waals surface area contributed by atoms with Gasteiger partial charge in [0.2, 0.25) is 59.1 Å². The Kier molecular flexibility index (Phi) is 23.3. The maximum absolute atomic E-state index is 15.2. The lowest BCUT2D eigenvalue weighted by atomic mass is 9.89. The molecule has 0 saturated carbocycles. The number of phenolic OH excluding ortho intramolecular Hbond substituents is 1. The van der Waals surface area contributed by atoms with Gasteiger partial charge >= 0.3 is 5.97 Å². The molecule has 0 aliphatic carbocycles. The molecule has 0 radical (unpaired) electrons. The number of carboxylic acid groups (broad SMARTS) is 1. The minimum absolute atomic E-state index is 0.0140. The number of nitrogens with zero attached hydrogens (tertiary/aromatic N) is 2. The average Bonchev–Trinajstić information content (AvgIpc) is 1.39. The van der Waals surface area contributed by atoms with Gasteiger partial charge < -0.3 is 73.3 Å². The smallest absolute Gasteiger partial charge is 0.305 e. The van der Waals surface area contributed by atoms with Gasteiger partial charge in [0.05, 0.1) is 19.0 Å². The van der Waals surface area contributed by atoms with E-state index < -0.39 is 156 Å². The van der Waals surface area contributed by atoms with Gasteiger partial charge in [0.1, 0.15) is 53.1 Å². The number of fused-ring (bicyclic) bond motifs is 34. The summed E-state index contributed by atoms with van der Waals surface area (Å²) in [5.41, 5.74) is 7.90. The number of Topliss-reactive ketones (excluding diaryl/α,β-unsaturated/α-hetero) is 1. The summed E-state index contributed by atoms with van der Waals surface area (Å²) in [6, 6.07) is 10.8. The number of rotatable bonds is 11. The van der Waals surface area contributed by atoms with Crippen molar-refractivity contribution >= 4 is 98.8 Å². The van der Waals surface area contributed by atoms with E-state index in [4.69, 9.17) is 5.73 Å². The number of hydrogen-bond donors (Lipinski definition) is 13. The Labute approximate surface area is 560 Å². The Morgan fingerprint density at radius 3 is 1.85 bits per heavy atom. The zero-order valence-electron chi connectivity index (χ0n) is 53.8. The lowest BCUT2D eigenvalue weighted by molar-refractivity contribution is -0.147. The van der Waals surface area contributed by atoms with Crippen LogP contribution in [-0.2, 0) is 89.8 Å². The molecule has 4 aromatic carbocycles. The van der Waals surface area contributed by atoms with Crippen molar-refractivity contribution in [1.82, 2.24) is 57.4 Å². The molecule has 10 rings (SSSR count). The Morgan fingerprint density at radius 1 is 0.633 bits per heavy atom. The van der Waals surface area contributed by atoms with E-state index in [1.54, 1.807) is 30.5 Å². The number of halogens is 2. The largest absolute Gasteiger partial charge is 0.508 e. The third kappa shape index (κ3) is 18.7. The summed E-state index contributed by atoms with van der Waals surface area (Å²) in [5.74, 6) is -13.6. The van der Waals surface area contributed by atoms with Gasteiger partial charge in [0, 0.05) is 117 Å². The van der Waals surface area contributed by atoms with Gasteiger partial charge in [-0.3, -0.25) is 62.5 Å². The van der Waals surface area contributed by atoms with Crippen LogP contribution in [0.25, 0.3) is 21.8 Å². The summed E-state index contributed by atoms with van der Waals surface area (Å²) in [5, 5.41) is 42.0. The molecule has 98 heavy (non-hydrogen) atoms. The number of carbonyl (C=O) groups is 12. The molecular weight excluding hydrogens is 1270 g/mol. The molecule has 4 aliphatic heterocycles. The standard InChI is InChI=1S/C69H77F2N13O14/c1-37-63(93)77-36-60(89)79-54(26-43-34-74-50-17-13-45(70)29-48(43)50)65(95)81-55(27-44-35-75-51-18-14-46(71)30-49(44)51)66(96)80-52(31-61(90)91)57(86)28-42(23-41-19-21-73-32-41)64(94)82-56(25-39-11-15-47(85)16-12-39)67(97)84-22-4-20-69(84,2)68(98)83-53(62(72)92)24-38-7-9-40(10-8-38)33-76-58(87)5-3-6-59(88)78-37/h7-18,21,29-30,32,34-35,37,42,52-56,74-75,85H,3-6,19-20,22-28,31,33,36H2,1-2H3,(H2,72,92)(H,76,87)(H,77,93)(H,78,88)(H,79,89)(H,80,96)(H,81,95)(H,82,94)(H,83,98)(H,90,91)/t37-,42+,52-,53-,54-,55-,56-,69-/m0/s1. The molecule has 1 fully saturated rings. The van der Waals surface area contributed by atoms with E-state index in [-0.39, 0.29) is 87.6 Å². The normalized spacial score (nSPS) is 23.7. The highest BCUT2D eigenvalue weighted by Crippen LogP contribution is 2.32. The Morgan fingerprint density at radius 2 is 1.23 bits per heavy atom. The monoisotopic (exact) mass is 1350 g/mol. The first-order valence-electron chi connectivity index (χ1n) is 32.1. The predicted octanol–water partition coefficient (Wildman–Crippen LogP) is 2.41. The molecule has 14 N–H and O–H groups in total. The molecule has 0 spiro atoms. The maximum atomic E-state index is 15.2. The second kappa shape index (κ2) is 32.1. The molecule has 1 saturated heterocycles. The van der Waals surface area contributed by atoms with Crippen molar-refractivity contribution in [1.29, 1.82) is 0 Å². The van der Waals surface area contributed by atoms with E-state index in [1.165, 1.54) is 91.9 Å². The molecule has 6 aromatic rings. The number of amides is 10. The summed E-state index contributed by atoms with van der Waals surface area (Å²) < 4.78 is 29.7. The molecule has 0 unspecified atom stereocenters. The number of carbonyl (C=O) groups excluding carboxylic acids is 11. The van der Waals surface area contributed by atoms with E-state index in [0.717, 1.165) is 6.07 Å². The molecule has 6 heterocycles. The first-order valence-corrected chi connectivity index (χ1v) is 32.1. The van der Waals surface area contributed by atoms with E-state index in [1.807, 2.05) is 0 Å². The lowest BCUT2D eigenvalue weighted by Crippen LogP contribution is -2.62. The highest BCUT2D eigenvalue weighted by molar-refractivity contribution is 6.01. The van der Waals surface area contributed by atoms with Crippen molar-refractivity contribution < 1.29 is 76.5 Å². The van der Waals surface area contributed by atoms with Crippen LogP contribution in [0.15, 0.2) is 114 Å². The van der Waals surface area contributed by atoms with Crippen LogP contribution in [0.1, 0.15) is 99.5 Å². The summed E-state index contributed by atoms with van der Waals surface area (Å²) in [7, 11) is 0. The fourth-order valence-electron chi connectivity index (χ4n) is 12.2. The Balaban J connectivity index is 1.05. The van der Waals surface area contributed by atoms with Crippen molar-refractivity contribution in [3.05, 3.63) is 149 Å².